The summed E-state index contributed by atoms with van der Waals surface area (Å²) in [6.07, 6.45) is 6.12. The molecule has 0 saturated carbocycles. The molecule has 0 fully saturated rings. The Morgan fingerprint density at radius 3 is 0.885 bits per heavy atom. The normalized spacial score (nSPS) is 12.5. The lowest BCUT2D eigenvalue weighted by atomic mass is 9.87. The first kappa shape index (κ1) is 36.7. The smallest absolute Gasteiger partial charge is 0.319 e. The molecule has 0 aliphatic carbocycles. The summed E-state index contributed by atoms with van der Waals surface area (Å²) in [4.78, 5) is 0. The van der Waals surface area contributed by atoms with Crippen LogP contribution in [0.1, 0.15) is 52.7 Å². The van der Waals surface area contributed by atoms with Gasteiger partial charge >= 0.3 is 16.6 Å². The van der Waals surface area contributed by atoms with Crippen LogP contribution in [0.5, 0.6) is 11.5 Å². The van der Waals surface area contributed by atoms with Crippen molar-refractivity contribution in [3.8, 4) is 23.8 Å². The average molecular weight is 717 g/mol. The Morgan fingerprint density at radius 1 is 0.423 bits per heavy atom. The minimum absolute atomic E-state index is 0.188. The van der Waals surface area contributed by atoms with Gasteiger partial charge in [-0.05, 0) is 55.1 Å². The van der Waals surface area contributed by atoms with E-state index in [-0.39, 0.29) is 10.1 Å². The second kappa shape index (κ2) is 14.5. The van der Waals surface area contributed by atoms with Crippen molar-refractivity contribution in [2.75, 3.05) is 0 Å². The van der Waals surface area contributed by atoms with Gasteiger partial charge in [-0.1, -0.05) is 193 Å². The molecule has 0 saturated heterocycles. The van der Waals surface area contributed by atoms with Gasteiger partial charge in [0.15, 0.2) is 5.60 Å². The van der Waals surface area contributed by atoms with Gasteiger partial charge in [-0.3, -0.25) is 0 Å². The molecule has 5 heteroatoms. The minimum atomic E-state index is -2.83. The van der Waals surface area contributed by atoms with Crippen molar-refractivity contribution >= 4 is 37.4 Å². The molecule has 0 aromatic heterocycles. The van der Waals surface area contributed by atoms with E-state index in [1.807, 2.05) is 72.8 Å². The molecule has 262 valence electrons. The van der Waals surface area contributed by atoms with Crippen LogP contribution in [0.2, 0.25) is 10.1 Å². The van der Waals surface area contributed by atoms with Crippen LogP contribution in [0.15, 0.2) is 170 Å². The van der Waals surface area contributed by atoms with E-state index in [0.29, 0.717) is 11.1 Å². The standard InChI is InChI=1S/C47H48O3Si2/c1-8-47(48,37-29-33-39(34-30-37)49-51(45(2,3)4,41-21-13-9-14-22-41)42-23-15-10-16-24-42)38-31-35-40(36-32-38)50-52(46(5,6)7,43-25-17-11-18-26-43)44-27-19-12-20-28-44/h1,9-36,48H,2-7H3. The monoisotopic (exact) mass is 716 g/mol. The van der Waals surface area contributed by atoms with Gasteiger partial charge in [-0.15, -0.1) is 6.42 Å². The zero-order valence-electron chi connectivity index (χ0n) is 31.0. The van der Waals surface area contributed by atoms with Crippen molar-refractivity contribution in [1.82, 2.24) is 0 Å². The van der Waals surface area contributed by atoms with Gasteiger partial charge in [0.2, 0.25) is 0 Å². The van der Waals surface area contributed by atoms with E-state index in [0.717, 1.165) is 11.5 Å². The quantitative estimate of drug-likeness (QED) is 0.114. The lowest BCUT2D eigenvalue weighted by Gasteiger charge is -2.43. The summed E-state index contributed by atoms with van der Waals surface area (Å²) >= 11 is 0. The van der Waals surface area contributed by atoms with Crippen molar-refractivity contribution in [2.24, 2.45) is 0 Å². The highest BCUT2D eigenvalue weighted by Crippen LogP contribution is 2.40. The van der Waals surface area contributed by atoms with E-state index >= 15 is 0 Å². The predicted molar refractivity (Wildman–Crippen MR) is 221 cm³/mol. The predicted octanol–water partition coefficient (Wildman–Crippen LogP) is 8.43. The highest BCUT2D eigenvalue weighted by Gasteiger charge is 2.53. The summed E-state index contributed by atoms with van der Waals surface area (Å²) in [6.45, 7) is 13.5. The SMILES string of the molecule is C#CC(O)(c1ccc(O[Si](c2ccccc2)(c2ccccc2)C(C)(C)C)cc1)c1ccc(O[Si](c2ccccc2)(c2ccccc2)C(C)(C)C)cc1. The lowest BCUT2D eigenvalue weighted by Crippen LogP contribution is -2.68. The van der Waals surface area contributed by atoms with E-state index in [2.05, 4.69) is 145 Å². The number of hydrogen-bond donors (Lipinski definition) is 1. The number of benzene rings is 6. The van der Waals surface area contributed by atoms with E-state index in [4.69, 9.17) is 15.3 Å². The van der Waals surface area contributed by atoms with E-state index < -0.39 is 22.2 Å². The van der Waals surface area contributed by atoms with Crippen LogP contribution in [0.25, 0.3) is 0 Å². The summed E-state index contributed by atoms with van der Waals surface area (Å²) in [5, 5.41) is 16.5. The molecule has 0 bridgehead atoms. The van der Waals surface area contributed by atoms with E-state index in [1.165, 1.54) is 20.7 Å². The number of rotatable bonds is 10. The van der Waals surface area contributed by atoms with Crippen LogP contribution in [0.4, 0.5) is 0 Å². The van der Waals surface area contributed by atoms with Crippen molar-refractivity contribution in [3.05, 3.63) is 181 Å². The van der Waals surface area contributed by atoms with Gasteiger partial charge in [0.05, 0.1) is 0 Å². The summed E-state index contributed by atoms with van der Waals surface area (Å²) < 4.78 is 14.4. The Bertz CT molecular complexity index is 1870. The topological polar surface area (TPSA) is 38.7 Å². The van der Waals surface area contributed by atoms with Crippen molar-refractivity contribution in [3.63, 3.8) is 0 Å². The van der Waals surface area contributed by atoms with Crippen LogP contribution in [0, 0.1) is 12.3 Å². The maximum atomic E-state index is 12.1. The molecular formula is C47H48O3Si2. The Hall–Kier alpha value is -5.13. The minimum Gasteiger partial charge on any atom is -0.534 e. The molecule has 0 unspecified atom stereocenters. The van der Waals surface area contributed by atoms with Gasteiger partial charge in [0.1, 0.15) is 11.5 Å². The van der Waals surface area contributed by atoms with Crippen LogP contribution >= 0.6 is 0 Å². The first-order valence-electron chi connectivity index (χ1n) is 17.9. The molecule has 0 atom stereocenters. The molecule has 0 aliphatic heterocycles. The van der Waals surface area contributed by atoms with Gasteiger partial charge in [0, 0.05) is 11.1 Å². The Labute approximate surface area is 312 Å². The van der Waals surface area contributed by atoms with Crippen LogP contribution in [-0.2, 0) is 5.60 Å². The number of hydrogen-bond acceptors (Lipinski definition) is 3. The van der Waals surface area contributed by atoms with Crippen molar-refractivity contribution < 1.29 is 14.0 Å². The third-order valence-corrected chi connectivity index (χ3v) is 20.0. The molecule has 6 rings (SSSR count). The maximum Gasteiger partial charge on any atom is 0.319 e. The van der Waals surface area contributed by atoms with Gasteiger partial charge in [-0.25, -0.2) is 0 Å². The van der Waals surface area contributed by atoms with Crippen LogP contribution in [0.3, 0.4) is 0 Å². The molecular weight excluding hydrogens is 669 g/mol. The molecule has 0 radical (unpaired) electrons. The third kappa shape index (κ3) is 6.66. The van der Waals surface area contributed by atoms with Gasteiger partial charge in [0.25, 0.3) is 0 Å². The van der Waals surface area contributed by atoms with E-state index in [1.54, 1.807) is 0 Å². The summed E-state index contributed by atoms with van der Waals surface area (Å²) in [6, 6.07) is 57.4. The second-order valence-electron chi connectivity index (χ2n) is 15.4. The first-order valence-corrected chi connectivity index (χ1v) is 21.7. The number of aliphatic hydroxyl groups is 1. The summed E-state index contributed by atoms with van der Waals surface area (Å²) in [5.41, 5.74) is -0.484. The van der Waals surface area contributed by atoms with Crippen LogP contribution in [-0.4, -0.2) is 21.7 Å². The Kier molecular flexibility index (Phi) is 10.2. The summed E-state index contributed by atoms with van der Waals surface area (Å²) in [5.74, 6) is 4.15. The fourth-order valence-corrected chi connectivity index (χ4v) is 16.4. The molecule has 0 amide bonds. The Morgan fingerprint density at radius 2 is 0.673 bits per heavy atom. The largest absolute Gasteiger partial charge is 0.534 e. The molecule has 6 aromatic carbocycles. The van der Waals surface area contributed by atoms with Gasteiger partial charge < -0.3 is 14.0 Å². The Balaban J connectivity index is 1.34. The molecule has 0 spiro atoms. The maximum absolute atomic E-state index is 12.1. The lowest BCUT2D eigenvalue weighted by molar-refractivity contribution is 0.145. The molecule has 3 nitrogen and oxygen atoms in total. The van der Waals surface area contributed by atoms with Gasteiger partial charge in [-0.2, -0.15) is 0 Å². The van der Waals surface area contributed by atoms with Crippen molar-refractivity contribution in [2.45, 2.75) is 57.2 Å². The van der Waals surface area contributed by atoms with Crippen molar-refractivity contribution in [1.29, 1.82) is 0 Å². The zero-order valence-corrected chi connectivity index (χ0v) is 33.0. The molecule has 1 N–H and O–H groups in total. The molecule has 6 aromatic rings. The highest BCUT2D eigenvalue weighted by molar-refractivity contribution is 7.00. The first-order chi connectivity index (χ1) is 24.8. The fraction of sp³-hybridized carbons (Fsp3) is 0.191. The van der Waals surface area contributed by atoms with Crippen LogP contribution < -0.4 is 29.6 Å². The second-order valence-corrected chi connectivity index (χ2v) is 23.9. The highest BCUT2D eigenvalue weighted by atomic mass is 28.4. The average Bonchev–Trinajstić information content (AvgIpc) is 3.16. The molecule has 0 aliphatic rings. The third-order valence-electron chi connectivity index (χ3n) is 10.1. The molecule has 0 heterocycles. The number of terminal acetylenes is 1. The van der Waals surface area contributed by atoms with E-state index in [9.17, 15) is 5.11 Å². The summed E-state index contributed by atoms with van der Waals surface area (Å²) in [7, 11) is -5.66. The molecule has 52 heavy (non-hydrogen) atoms. The zero-order chi connectivity index (χ0) is 37.0. The fourth-order valence-electron chi connectivity index (χ4n) is 7.51.